The van der Waals surface area contributed by atoms with Crippen molar-refractivity contribution >= 4 is 17.4 Å². The normalized spacial score (nSPS) is 14.1. The highest BCUT2D eigenvalue weighted by atomic mass is 19.1. The van der Waals surface area contributed by atoms with Crippen LogP contribution < -0.4 is 5.32 Å². The molecule has 1 saturated heterocycles. The Bertz CT molecular complexity index is 849. The van der Waals surface area contributed by atoms with Crippen LogP contribution in [0.2, 0.25) is 0 Å². The van der Waals surface area contributed by atoms with Crippen LogP contribution in [0.3, 0.4) is 0 Å². The summed E-state index contributed by atoms with van der Waals surface area (Å²) in [6, 6.07) is 9.92. The maximum atomic E-state index is 13.1. The van der Waals surface area contributed by atoms with Gasteiger partial charge in [-0.05, 0) is 49.5 Å². The molecular weight excluding hydrogens is 351 g/mol. The van der Waals surface area contributed by atoms with Crippen molar-refractivity contribution in [2.75, 3.05) is 39.0 Å². The lowest BCUT2D eigenvalue weighted by Crippen LogP contribution is -2.54. The molecule has 3 rings (SSSR count). The number of urea groups is 1. The first-order valence-electron chi connectivity index (χ1n) is 8.58. The number of halogens is 1. The molecule has 0 bridgehead atoms. The van der Waals surface area contributed by atoms with Crippen molar-refractivity contribution < 1.29 is 14.1 Å². The number of nitrogens with one attached hydrogen (secondary N) is 1. The molecule has 0 radical (unpaired) electrons. The minimum Gasteiger partial charge on any atom is -0.324 e. The molecule has 0 aliphatic carbocycles. The number of likely N-dealkylation sites (tertiary alicyclic amines) is 1. The van der Waals surface area contributed by atoms with Crippen molar-refractivity contribution in [2.45, 2.75) is 0 Å². The minimum absolute atomic E-state index is 0.128. The molecule has 0 unspecified atom stereocenters. The maximum absolute atomic E-state index is 13.1. The SMILES string of the molecule is CN(C)CC1CN(C(=O)Nc2cc(-c3ccc(F)cc3)ccc2[N+](=O)[O-])C1. The van der Waals surface area contributed by atoms with Gasteiger partial charge in [-0.1, -0.05) is 12.1 Å². The summed E-state index contributed by atoms with van der Waals surface area (Å²) in [4.78, 5) is 26.9. The molecule has 27 heavy (non-hydrogen) atoms. The lowest BCUT2D eigenvalue weighted by atomic mass is 10.0. The Morgan fingerprint density at radius 2 is 1.85 bits per heavy atom. The zero-order chi connectivity index (χ0) is 19.6. The molecule has 0 saturated carbocycles. The van der Waals surface area contributed by atoms with E-state index in [2.05, 4.69) is 10.2 Å². The first kappa shape index (κ1) is 18.8. The molecular formula is C19H21FN4O3. The van der Waals surface area contributed by atoms with Crippen LogP contribution in [0, 0.1) is 21.8 Å². The van der Waals surface area contributed by atoms with E-state index in [0.29, 0.717) is 30.1 Å². The summed E-state index contributed by atoms with van der Waals surface area (Å²) in [5.74, 6) is 0.0468. The molecule has 2 amide bonds. The van der Waals surface area contributed by atoms with Gasteiger partial charge >= 0.3 is 6.03 Å². The number of carbonyl (C=O) groups is 1. The number of nitrogens with zero attached hydrogens (tertiary/aromatic N) is 3. The largest absolute Gasteiger partial charge is 0.324 e. The fraction of sp³-hybridized carbons (Fsp3) is 0.316. The van der Waals surface area contributed by atoms with Gasteiger partial charge < -0.3 is 15.1 Å². The number of benzene rings is 2. The molecule has 8 heteroatoms. The lowest BCUT2D eigenvalue weighted by Gasteiger charge is -2.40. The van der Waals surface area contributed by atoms with Crippen LogP contribution >= 0.6 is 0 Å². The number of amides is 2. The number of nitro benzene ring substituents is 1. The number of anilines is 1. The van der Waals surface area contributed by atoms with E-state index < -0.39 is 4.92 Å². The number of carbonyl (C=O) groups excluding carboxylic acids is 1. The van der Waals surface area contributed by atoms with Crippen LogP contribution in [-0.4, -0.2) is 54.5 Å². The third-order valence-electron chi connectivity index (χ3n) is 4.48. The zero-order valence-electron chi connectivity index (χ0n) is 15.2. The molecule has 1 heterocycles. The summed E-state index contributed by atoms with van der Waals surface area (Å²) < 4.78 is 13.1. The first-order chi connectivity index (χ1) is 12.8. The Balaban J connectivity index is 1.77. The van der Waals surface area contributed by atoms with Crippen molar-refractivity contribution in [1.29, 1.82) is 0 Å². The summed E-state index contributed by atoms with van der Waals surface area (Å²) in [5, 5.41) is 14.0. The number of hydrogen-bond acceptors (Lipinski definition) is 4. The molecule has 2 aromatic rings. The molecule has 1 aliphatic heterocycles. The van der Waals surface area contributed by atoms with Crippen molar-refractivity contribution in [1.82, 2.24) is 9.80 Å². The van der Waals surface area contributed by atoms with Gasteiger partial charge in [0.15, 0.2) is 0 Å². The van der Waals surface area contributed by atoms with Gasteiger partial charge in [-0.3, -0.25) is 10.1 Å². The average Bonchev–Trinajstić information content (AvgIpc) is 2.57. The van der Waals surface area contributed by atoms with Gasteiger partial charge in [-0.25, -0.2) is 9.18 Å². The van der Waals surface area contributed by atoms with Crippen LogP contribution in [-0.2, 0) is 0 Å². The summed E-state index contributed by atoms with van der Waals surface area (Å²) in [5.41, 5.74) is 1.31. The molecule has 142 valence electrons. The van der Waals surface area contributed by atoms with E-state index >= 15 is 0 Å². The molecule has 2 aromatic carbocycles. The highest BCUT2D eigenvalue weighted by Crippen LogP contribution is 2.31. The predicted octanol–water partition coefficient (Wildman–Crippen LogP) is 3.43. The van der Waals surface area contributed by atoms with Gasteiger partial charge in [0.2, 0.25) is 0 Å². The number of nitro groups is 1. The summed E-state index contributed by atoms with van der Waals surface area (Å²) in [7, 11) is 3.96. The second-order valence-corrected chi connectivity index (χ2v) is 6.96. The quantitative estimate of drug-likeness (QED) is 0.644. The Kier molecular flexibility index (Phi) is 5.36. The third-order valence-corrected chi connectivity index (χ3v) is 4.48. The monoisotopic (exact) mass is 372 g/mol. The van der Waals surface area contributed by atoms with Gasteiger partial charge in [0.05, 0.1) is 4.92 Å². The van der Waals surface area contributed by atoms with E-state index in [1.165, 1.54) is 18.2 Å². The van der Waals surface area contributed by atoms with Gasteiger partial charge in [-0.15, -0.1) is 0 Å². The van der Waals surface area contributed by atoms with E-state index in [4.69, 9.17) is 0 Å². The molecule has 0 aromatic heterocycles. The first-order valence-corrected chi connectivity index (χ1v) is 8.58. The van der Waals surface area contributed by atoms with Crippen LogP contribution in [0.15, 0.2) is 42.5 Å². The smallest absolute Gasteiger partial charge is 0.322 e. The Hall–Kier alpha value is -3.00. The summed E-state index contributed by atoms with van der Waals surface area (Å²) in [6.45, 7) is 2.13. The van der Waals surface area contributed by atoms with Crippen molar-refractivity contribution in [3.63, 3.8) is 0 Å². The predicted molar refractivity (Wildman–Crippen MR) is 101 cm³/mol. The molecule has 1 N–H and O–H groups in total. The van der Waals surface area contributed by atoms with Gasteiger partial charge in [0.25, 0.3) is 5.69 Å². The topological polar surface area (TPSA) is 78.7 Å². The van der Waals surface area contributed by atoms with E-state index in [9.17, 15) is 19.3 Å². The highest BCUT2D eigenvalue weighted by Gasteiger charge is 2.31. The zero-order valence-corrected chi connectivity index (χ0v) is 15.2. The van der Waals surface area contributed by atoms with Crippen molar-refractivity contribution in [2.24, 2.45) is 5.92 Å². The third kappa shape index (κ3) is 4.40. The van der Waals surface area contributed by atoms with E-state index in [1.807, 2.05) is 14.1 Å². The van der Waals surface area contributed by atoms with Crippen LogP contribution in [0.25, 0.3) is 11.1 Å². The Morgan fingerprint density at radius 3 is 2.44 bits per heavy atom. The highest BCUT2D eigenvalue weighted by molar-refractivity contribution is 5.93. The van der Waals surface area contributed by atoms with Crippen LogP contribution in [0.1, 0.15) is 0 Å². The van der Waals surface area contributed by atoms with Gasteiger partial charge in [0.1, 0.15) is 11.5 Å². The van der Waals surface area contributed by atoms with E-state index in [0.717, 1.165) is 6.54 Å². The van der Waals surface area contributed by atoms with E-state index in [1.54, 1.807) is 29.2 Å². The fourth-order valence-corrected chi connectivity index (χ4v) is 3.18. The molecule has 7 nitrogen and oxygen atoms in total. The van der Waals surface area contributed by atoms with Crippen LogP contribution in [0.4, 0.5) is 20.6 Å². The lowest BCUT2D eigenvalue weighted by molar-refractivity contribution is -0.383. The Labute approximate surface area is 156 Å². The second-order valence-electron chi connectivity index (χ2n) is 6.96. The Morgan fingerprint density at radius 1 is 1.22 bits per heavy atom. The minimum atomic E-state index is -0.533. The standard InChI is InChI=1S/C19H21FN4O3/c1-22(2)10-13-11-23(12-13)19(25)21-17-9-15(5-8-18(17)24(26)27)14-3-6-16(20)7-4-14/h3-9,13H,10-12H2,1-2H3,(H,21,25). The van der Waals surface area contributed by atoms with Crippen molar-refractivity contribution in [3.8, 4) is 11.1 Å². The fourth-order valence-electron chi connectivity index (χ4n) is 3.18. The summed E-state index contributed by atoms with van der Waals surface area (Å²) >= 11 is 0. The molecule has 0 atom stereocenters. The number of hydrogen-bond donors (Lipinski definition) is 1. The molecule has 1 aliphatic rings. The molecule has 0 spiro atoms. The van der Waals surface area contributed by atoms with Crippen molar-refractivity contribution in [3.05, 3.63) is 58.4 Å². The molecule has 1 fully saturated rings. The van der Waals surface area contributed by atoms with Gasteiger partial charge in [0, 0.05) is 31.6 Å². The average molecular weight is 372 g/mol. The summed E-state index contributed by atoms with van der Waals surface area (Å²) in [6.07, 6.45) is 0. The maximum Gasteiger partial charge on any atom is 0.322 e. The van der Waals surface area contributed by atoms with Gasteiger partial charge in [-0.2, -0.15) is 0 Å². The van der Waals surface area contributed by atoms with E-state index in [-0.39, 0.29) is 23.2 Å². The number of rotatable bonds is 5. The second kappa shape index (κ2) is 7.71. The van der Waals surface area contributed by atoms with Crippen LogP contribution in [0.5, 0.6) is 0 Å².